The van der Waals surface area contributed by atoms with E-state index in [9.17, 15) is 24.4 Å². The van der Waals surface area contributed by atoms with Gasteiger partial charge in [-0.3, -0.25) is 34.3 Å². The monoisotopic (exact) mass is 806 g/mol. The van der Waals surface area contributed by atoms with Crippen molar-refractivity contribution in [1.29, 1.82) is 5.26 Å². The maximum Gasteiger partial charge on any atom is 0.262 e. The van der Waals surface area contributed by atoms with Gasteiger partial charge in [0.15, 0.2) is 0 Å². The van der Waals surface area contributed by atoms with Crippen molar-refractivity contribution < 1.29 is 42.9 Å². The number of imide groups is 2. The third kappa shape index (κ3) is 10.5. The highest BCUT2D eigenvalue weighted by Crippen LogP contribution is 2.30. The van der Waals surface area contributed by atoms with Crippen LogP contribution >= 0.6 is 0 Å². The van der Waals surface area contributed by atoms with Gasteiger partial charge in [0.05, 0.1) is 81.1 Å². The van der Waals surface area contributed by atoms with Gasteiger partial charge in [-0.05, 0) is 67.1 Å². The number of hydrogen-bond acceptors (Lipinski definition) is 15. The van der Waals surface area contributed by atoms with Crippen molar-refractivity contribution in [2.75, 3.05) is 102 Å². The van der Waals surface area contributed by atoms with Gasteiger partial charge >= 0.3 is 0 Å². The minimum absolute atomic E-state index is 0.0622. The van der Waals surface area contributed by atoms with Crippen molar-refractivity contribution in [2.24, 2.45) is 0 Å². The SMILES string of the molecule is N#Cc1ccc2ncnc(Nc3ccc(N4CCN(CCOCCOCCOCCOCCOc5ccc6c(c5)C(=O)N(C5CCC(=O)NC5=O)C6=O)CC4)cc3)c2c1. The summed E-state index contributed by atoms with van der Waals surface area (Å²) in [6, 6.07) is 19.4. The van der Waals surface area contributed by atoms with Crippen molar-refractivity contribution in [1.82, 2.24) is 25.1 Å². The predicted molar refractivity (Wildman–Crippen MR) is 215 cm³/mol. The number of carbonyl (C=O) groups excluding carboxylic acids is 4. The van der Waals surface area contributed by atoms with Crippen molar-refractivity contribution in [3.05, 3.63) is 83.7 Å². The summed E-state index contributed by atoms with van der Waals surface area (Å²) in [6.45, 7) is 8.46. The Hall–Kier alpha value is -6.03. The quantitative estimate of drug-likeness (QED) is 0.0976. The van der Waals surface area contributed by atoms with Crippen LogP contribution < -0.4 is 20.3 Å². The predicted octanol–water partition coefficient (Wildman–Crippen LogP) is 2.91. The van der Waals surface area contributed by atoms with E-state index >= 15 is 0 Å². The molecule has 3 aromatic carbocycles. The van der Waals surface area contributed by atoms with Crippen LogP contribution in [-0.2, 0) is 28.5 Å². The standard InChI is InChI=1S/C42H46N8O9/c43-27-29-1-8-36-35(25-29)39(45-28-44-36)46-30-2-4-31(5-3-30)49-13-11-48(12-14-49)15-16-55-17-18-56-19-20-57-21-22-58-23-24-59-32-6-7-33-34(26-32)42(54)50(41(33)53)37-9-10-38(51)47-40(37)52/h1-8,25-26,28,37H,9-24H2,(H,44,45,46)(H,47,51,52). The third-order valence-electron chi connectivity index (χ3n) is 10.2. The van der Waals surface area contributed by atoms with Gasteiger partial charge in [0.1, 0.15) is 30.5 Å². The number of fused-ring (bicyclic) bond motifs is 2. The van der Waals surface area contributed by atoms with Gasteiger partial charge in [0.25, 0.3) is 11.8 Å². The van der Waals surface area contributed by atoms with Crippen LogP contribution in [-0.4, -0.2) is 142 Å². The number of rotatable bonds is 20. The number of hydrogen-bond donors (Lipinski definition) is 2. The van der Waals surface area contributed by atoms with Crippen LogP contribution in [0.4, 0.5) is 17.2 Å². The molecule has 308 valence electrons. The molecule has 7 rings (SSSR count). The Balaban J connectivity index is 0.676. The number of nitriles is 1. The Morgan fingerprint density at radius 1 is 0.746 bits per heavy atom. The van der Waals surface area contributed by atoms with Gasteiger partial charge in [-0.1, -0.05) is 0 Å². The first-order valence-corrected chi connectivity index (χ1v) is 19.7. The molecule has 1 atom stereocenters. The summed E-state index contributed by atoms with van der Waals surface area (Å²) in [5, 5.41) is 15.6. The van der Waals surface area contributed by atoms with Crippen LogP contribution in [0.1, 0.15) is 39.1 Å². The Bertz CT molecular complexity index is 2170. The third-order valence-corrected chi connectivity index (χ3v) is 10.2. The first-order valence-electron chi connectivity index (χ1n) is 19.7. The van der Waals surface area contributed by atoms with E-state index in [1.165, 1.54) is 24.1 Å². The minimum atomic E-state index is -1.01. The lowest BCUT2D eigenvalue weighted by molar-refractivity contribution is -0.136. The molecule has 4 amide bonds. The van der Waals surface area contributed by atoms with E-state index in [1.54, 1.807) is 18.2 Å². The number of piperazine rings is 1. The minimum Gasteiger partial charge on any atom is -0.491 e. The highest BCUT2D eigenvalue weighted by Gasteiger charge is 2.44. The summed E-state index contributed by atoms with van der Waals surface area (Å²) in [5.74, 6) is -1.15. The first-order chi connectivity index (χ1) is 28.9. The summed E-state index contributed by atoms with van der Waals surface area (Å²) in [6.07, 6.45) is 1.68. The van der Waals surface area contributed by atoms with Gasteiger partial charge in [0.2, 0.25) is 11.8 Å². The maximum absolute atomic E-state index is 13.0. The van der Waals surface area contributed by atoms with Crippen molar-refractivity contribution in [3.63, 3.8) is 0 Å². The van der Waals surface area contributed by atoms with E-state index in [-0.39, 0.29) is 30.6 Å². The second-order valence-electron chi connectivity index (χ2n) is 14.0. The molecule has 1 unspecified atom stereocenters. The fourth-order valence-electron chi connectivity index (χ4n) is 7.06. The van der Waals surface area contributed by atoms with Crippen LogP contribution in [0.5, 0.6) is 5.75 Å². The van der Waals surface area contributed by atoms with E-state index in [2.05, 4.69) is 48.6 Å². The Kier molecular flexibility index (Phi) is 14.0. The molecule has 4 heterocycles. The molecule has 3 aliphatic rings. The van der Waals surface area contributed by atoms with Gasteiger partial charge in [-0.25, -0.2) is 9.97 Å². The maximum atomic E-state index is 13.0. The molecule has 0 spiro atoms. The number of amides is 4. The molecule has 17 nitrogen and oxygen atoms in total. The number of anilines is 3. The number of piperidine rings is 1. The van der Waals surface area contributed by atoms with Crippen molar-refractivity contribution >= 4 is 51.7 Å². The number of nitrogens with zero attached hydrogens (tertiary/aromatic N) is 6. The summed E-state index contributed by atoms with van der Waals surface area (Å²) in [5.41, 5.74) is 3.78. The lowest BCUT2D eigenvalue weighted by Crippen LogP contribution is -2.54. The fraction of sp³-hybridized carbons (Fsp3) is 0.405. The van der Waals surface area contributed by atoms with Crippen molar-refractivity contribution in [3.8, 4) is 11.8 Å². The number of nitrogens with one attached hydrogen (secondary N) is 2. The average Bonchev–Trinajstić information content (AvgIpc) is 3.50. The molecule has 2 N–H and O–H groups in total. The average molecular weight is 807 g/mol. The topological polar surface area (TPSA) is 198 Å². The van der Waals surface area contributed by atoms with Gasteiger partial charge in [-0.2, -0.15) is 5.26 Å². The smallest absolute Gasteiger partial charge is 0.262 e. The molecule has 2 saturated heterocycles. The zero-order valence-electron chi connectivity index (χ0n) is 32.6. The van der Waals surface area contributed by atoms with E-state index in [0.29, 0.717) is 70.0 Å². The second-order valence-corrected chi connectivity index (χ2v) is 14.0. The Labute approximate surface area is 341 Å². The zero-order chi connectivity index (χ0) is 41.0. The second kappa shape index (κ2) is 20.1. The normalized spacial score (nSPS) is 17.0. The summed E-state index contributed by atoms with van der Waals surface area (Å²) >= 11 is 0. The molecule has 1 aromatic heterocycles. The number of benzene rings is 3. The Morgan fingerprint density at radius 2 is 1.42 bits per heavy atom. The van der Waals surface area contributed by atoms with Crippen molar-refractivity contribution in [2.45, 2.75) is 18.9 Å². The first kappa shape index (κ1) is 41.1. The van der Waals surface area contributed by atoms with Gasteiger partial charge in [-0.15, -0.1) is 0 Å². The summed E-state index contributed by atoms with van der Waals surface area (Å²) in [4.78, 5) is 63.9. The van der Waals surface area contributed by atoms with E-state index in [1.807, 2.05) is 18.2 Å². The zero-order valence-corrected chi connectivity index (χ0v) is 32.6. The van der Waals surface area contributed by atoms with Crippen LogP contribution in [0.15, 0.2) is 67.0 Å². The van der Waals surface area contributed by atoms with Crippen LogP contribution in [0.25, 0.3) is 10.9 Å². The molecule has 4 aromatic rings. The van der Waals surface area contributed by atoms with E-state index in [4.69, 9.17) is 23.7 Å². The molecule has 17 heteroatoms. The lowest BCUT2D eigenvalue weighted by Gasteiger charge is -2.36. The van der Waals surface area contributed by atoms with Gasteiger partial charge in [0, 0.05) is 55.9 Å². The summed E-state index contributed by atoms with van der Waals surface area (Å²) < 4.78 is 28.2. The molecule has 3 aliphatic heterocycles. The molecule has 0 saturated carbocycles. The molecule has 0 bridgehead atoms. The largest absolute Gasteiger partial charge is 0.491 e. The Morgan fingerprint density at radius 3 is 2.12 bits per heavy atom. The molecule has 2 fully saturated rings. The fourth-order valence-corrected chi connectivity index (χ4v) is 7.06. The van der Waals surface area contributed by atoms with E-state index in [0.717, 1.165) is 54.2 Å². The van der Waals surface area contributed by atoms with Crippen LogP contribution in [0, 0.1) is 11.3 Å². The molecular weight excluding hydrogens is 761 g/mol. The number of ether oxygens (including phenoxy) is 5. The molecule has 59 heavy (non-hydrogen) atoms. The lowest BCUT2D eigenvalue weighted by atomic mass is 10.0. The number of aromatic nitrogens is 2. The van der Waals surface area contributed by atoms with Crippen LogP contribution in [0.3, 0.4) is 0 Å². The molecule has 0 radical (unpaired) electrons. The van der Waals surface area contributed by atoms with Gasteiger partial charge < -0.3 is 33.9 Å². The van der Waals surface area contributed by atoms with Crippen LogP contribution in [0.2, 0.25) is 0 Å². The molecular formula is C42H46N8O9. The van der Waals surface area contributed by atoms with E-state index < -0.39 is 29.7 Å². The summed E-state index contributed by atoms with van der Waals surface area (Å²) in [7, 11) is 0. The molecule has 0 aliphatic carbocycles. The highest BCUT2D eigenvalue weighted by molar-refractivity contribution is 6.23. The number of carbonyl (C=O) groups is 4. The highest BCUT2D eigenvalue weighted by atomic mass is 16.6.